The molecule has 184 valence electrons. The minimum absolute atomic E-state index is 0.0163. The number of methoxy groups -OCH3 is 1. The lowest BCUT2D eigenvalue weighted by atomic mass is 9.97. The Morgan fingerprint density at radius 2 is 1.89 bits per heavy atom. The number of aromatic hydroxyl groups is 1. The molecule has 4 rings (SSSR count). The summed E-state index contributed by atoms with van der Waals surface area (Å²) >= 11 is 5.34. The van der Waals surface area contributed by atoms with Crippen LogP contribution in [0.1, 0.15) is 19.8 Å². The highest BCUT2D eigenvalue weighted by Gasteiger charge is 2.27. The number of benzene rings is 2. The fourth-order valence-corrected chi connectivity index (χ4v) is 4.42. The molecular formula is C25H29N5O4S. The zero-order valence-corrected chi connectivity index (χ0v) is 20.6. The molecule has 0 aliphatic carbocycles. The molecule has 2 N–H and O–H groups in total. The van der Waals surface area contributed by atoms with Gasteiger partial charge in [0.2, 0.25) is 11.0 Å². The first kappa shape index (κ1) is 24.6. The van der Waals surface area contributed by atoms with Crippen LogP contribution in [0.2, 0.25) is 0 Å². The van der Waals surface area contributed by atoms with Gasteiger partial charge in [-0.3, -0.25) is 14.3 Å². The number of rotatable bonds is 7. The van der Waals surface area contributed by atoms with Crippen LogP contribution in [0.3, 0.4) is 0 Å². The molecule has 1 saturated heterocycles. The number of azo groups is 1. The number of nitrogens with zero attached hydrogens (tertiary/aromatic N) is 4. The number of hydrogen-bond acceptors (Lipinski definition) is 7. The average Bonchev–Trinajstić information content (AvgIpc) is 3.14. The van der Waals surface area contributed by atoms with Gasteiger partial charge in [0.25, 0.3) is 0 Å². The number of likely N-dealkylation sites (tertiary alicyclic amines) is 1. The summed E-state index contributed by atoms with van der Waals surface area (Å²) in [6.45, 7) is 4.17. The minimum atomic E-state index is -0.123. The summed E-state index contributed by atoms with van der Waals surface area (Å²) in [4.78, 5) is 14.2. The minimum Gasteiger partial charge on any atom is -0.495 e. The Morgan fingerprint density at radius 3 is 2.63 bits per heavy atom. The predicted molar refractivity (Wildman–Crippen MR) is 138 cm³/mol. The van der Waals surface area contributed by atoms with Crippen LogP contribution in [-0.4, -0.2) is 52.5 Å². The lowest BCUT2D eigenvalue weighted by molar-refractivity contribution is -0.149. The summed E-state index contributed by atoms with van der Waals surface area (Å²) in [6.07, 6.45) is 1.46. The van der Waals surface area contributed by atoms with Crippen LogP contribution < -0.4 is 10.1 Å². The second kappa shape index (κ2) is 11.3. The first-order valence-electron chi connectivity index (χ1n) is 11.6. The molecule has 1 aliphatic heterocycles. The van der Waals surface area contributed by atoms with Gasteiger partial charge in [-0.05, 0) is 50.2 Å². The Bertz CT molecular complexity index is 1230. The van der Waals surface area contributed by atoms with E-state index in [2.05, 4.69) is 20.4 Å². The number of esters is 1. The van der Waals surface area contributed by atoms with Gasteiger partial charge in [-0.2, -0.15) is 0 Å². The molecule has 0 atom stereocenters. The molecule has 0 amide bonds. The average molecular weight is 496 g/mol. The standard InChI is InChI=1S/C25H29N5O4S/c1-3-34-24(32)17-12-14-29(15-13-17)16-30-20-10-6-4-8-18(20)22(23(30)31)27-28-25(35)26-19-9-5-7-11-21(19)33-2/h4-11,17,31H,3,12-16H2,1-2H3,(H,26,35). The van der Waals surface area contributed by atoms with Crippen LogP contribution >= 0.6 is 12.2 Å². The number of nitrogens with one attached hydrogen (secondary N) is 1. The van der Waals surface area contributed by atoms with Crippen LogP contribution in [0.5, 0.6) is 11.6 Å². The van der Waals surface area contributed by atoms with Crippen molar-refractivity contribution in [2.45, 2.75) is 26.4 Å². The van der Waals surface area contributed by atoms with Gasteiger partial charge in [0.15, 0.2) is 5.69 Å². The number of carbonyl (C=O) groups is 1. The summed E-state index contributed by atoms with van der Waals surface area (Å²) in [5, 5.41) is 23.4. The summed E-state index contributed by atoms with van der Waals surface area (Å²) < 4.78 is 12.3. The number of ether oxygens (including phenoxy) is 2. The van der Waals surface area contributed by atoms with Crippen molar-refractivity contribution in [3.63, 3.8) is 0 Å². The highest BCUT2D eigenvalue weighted by atomic mass is 32.1. The van der Waals surface area contributed by atoms with E-state index < -0.39 is 0 Å². The van der Waals surface area contributed by atoms with E-state index in [0.717, 1.165) is 36.8 Å². The molecule has 2 heterocycles. The van der Waals surface area contributed by atoms with Gasteiger partial charge >= 0.3 is 5.97 Å². The maximum Gasteiger partial charge on any atom is 0.309 e. The fraction of sp³-hybridized carbons (Fsp3) is 0.360. The predicted octanol–water partition coefficient (Wildman–Crippen LogP) is 5.07. The number of hydrogen-bond donors (Lipinski definition) is 2. The monoisotopic (exact) mass is 495 g/mol. The number of carbonyl (C=O) groups excluding carboxylic acids is 1. The van der Waals surface area contributed by atoms with Crippen molar-refractivity contribution >= 4 is 45.6 Å². The highest BCUT2D eigenvalue weighted by Crippen LogP contribution is 2.39. The molecule has 35 heavy (non-hydrogen) atoms. The van der Waals surface area contributed by atoms with E-state index in [0.29, 0.717) is 30.4 Å². The van der Waals surface area contributed by atoms with Gasteiger partial charge in [-0.25, -0.2) is 0 Å². The lowest BCUT2D eigenvalue weighted by Gasteiger charge is -2.31. The van der Waals surface area contributed by atoms with E-state index in [4.69, 9.17) is 21.7 Å². The smallest absolute Gasteiger partial charge is 0.309 e. The molecule has 0 spiro atoms. The largest absolute Gasteiger partial charge is 0.495 e. The molecule has 9 nitrogen and oxygen atoms in total. The third kappa shape index (κ3) is 5.60. The van der Waals surface area contributed by atoms with Gasteiger partial charge in [0.1, 0.15) is 5.75 Å². The summed E-state index contributed by atoms with van der Waals surface area (Å²) in [5.41, 5.74) is 1.87. The first-order valence-corrected chi connectivity index (χ1v) is 12.0. The van der Waals surface area contributed by atoms with Gasteiger partial charge in [0.05, 0.1) is 37.5 Å². The molecule has 0 unspecified atom stereocenters. The van der Waals surface area contributed by atoms with E-state index in [1.165, 1.54) is 0 Å². The normalized spacial score (nSPS) is 14.9. The maximum atomic E-state index is 12.0. The van der Waals surface area contributed by atoms with Gasteiger partial charge in [-0.1, -0.05) is 30.3 Å². The van der Waals surface area contributed by atoms with E-state index in [-0.39, 0.29) is 22.9 Å². The van der Waals surface area contributed by atoms with Crippen molar-refractivity contribution in [2.24, 2.45) is 16.1 Å². The highest BCUT2D eigenvalue weighted by molar-refractivity contribution is 7.80. The zero-order valence-electron chi connectivity index (χ0n) is 19.8. The Balaban J connectivity index is 1.50. The molecule has 1 aliphatic rings. The second-order valence-corrected chi connectivity index (χ2v) is 8.62. The van der Waals surface area contributed by atoms with Crippen LogP contribution in [0.15, 0.2) is 58.8 Å². The van der Waals surface area contributed by atoms with E-state index in [1.807, 2.05) is 60.0 Å². The second-order valence-electron chi connectivity index (χ2n) is 8.23. The number of aromatic nitrogens is 1. The summed E-state index contributed by atoms with van der Waals surface area (Å²) in [6, 6.07) is 15.0. The summed E-state index contributed by atoms with van der Waals surface area (Å²) in [7, 11) is 1.58. The van der Waals surface area contributed by atoms with Crippen molar-refractivity contribution in [1.82, 2.24) is 9.47 Å². The lowest BCUT2D eigenvalue weighted by Crippen LogP contribution is -2.37. The molecule has 3 aromatic rings. The SMILES string of the molecule is CCOC(=O)C1CCN(Cn2c(O)c(N=NC(=S)Nc3ccccc3OC)c3ccccc32)CC1. The molecule has 10 heteroatoms. The molecular weight excluding hydrogens is 466 g/mol. The summed E-state index contributed by atoms with van der Waals surface area (Å²) in [5.74, 6) is 0.461. The van der Waals surface area contributed by atoms with E-state index >= 15 is 0 Å². The maximum absolute atomic E-state index is 12.0. The third-order valence-electron chi connectivity index (χ3n) is 6.06. The van der Waals surface area contributed by atoms with Crippen LogP contribution in [-0.2, 0) is 16.2 Å². The number of fused-ring (bicyclic) bond motifs is 1. The molecule has 2 aromatic carbocycles. The fourth-order valence-electron chi connectivity index (χ4n) is 4.27. The van der Waals surface area contributed by atoms with E-state index in [1.54, 1.807) is 7.11 Å². The number of piperidine rings is 1. The third-order valence-corrected chi connectivity index (χ3v) is 6.24. The zero-order chi connectivity index (χ0) is 24.8. The van der Waals surface area contributed by atoms with Crippen molar-refractivity contribution in [3.05, 3.63) is 48.5 Å². The Morgan fingerprint density at radius 1 is 1.17 bits per heavy atom. The van der Waals surface area contributed by atoms with Crippen LogP contribution in [0.25, 0.3) is 10.9 Å². The van der Waals surface area contributed by atoms with Crippen LogP contribution in [0.4, 0.5) is 11.4 Å². The molecule has 0 saturated carbocycles. The number of thiocarbonyl (C=S) groups is 1. The van der Waals surface area contributed by atoms with Crippen LogP contribution in [0, 0.1) is 5.92 Å². The number of para-hydroxylation sites is 3. The molecule has 1 fully saturated rings. The molecule has 1 aromatic heterocycles. The van der Waals surface area contributed by atoms with Crippen molar-refractivity contribution in [2.75, 3.05) is 32.1 Å². The Kier molecular flexibility index (Phi) is 7.94. The topological polar surface area (TPSA) is 101 Å². The van der Waals surface area contributed by atoms with Crippen molar-refractivity contribution < 1.29 is 19.4 Å². The number of anilines is 1. The Hall–Kier alpha value is -3.50. The van der Waals surface area contributed by atoms with Gasteiger partial charge < -0.3 is 19.9 Å². The Labute approximate surface area is 209 Å². The molecule has 0 bridgehead atoms. The first-order chi connectivity index (χ1) is 17.0. The van der Waals surface area contributed by atoms with Gasteiger partial charge in [0, 0.05) is 18.5 Å². The van der Waals surface area contributed by atoms with Crippen molar-refractivity contribution in [3.8, 4) is 11.6 Å². The quantitative estimate of drug-likeness (QED) is 0.268. The molecule has 0 radical (unpaired) electrons. The van der Waals surface area contributed by atoms with E-state index in [9.17, 15) is 9.90 Å². The van der Waals surface area contributed by atoms with Crippen molar-refractivity contribution in [1.29, 1.82) is 0 Å². The van der Waals surface area contributed by atoms with Gasteiger partial charge in [-0.15, -0.1) is 10.2 Å².